The third kappa shape index (κ3) is 4.26. The van der Waals surface area contributed by atoms with Crippen molar-refractivity contribution >= 4 is 0 Å². The van der Waals surface area contributed by atoms with Gasteiger partial charge < -0.3 is 10.5 Å². The topological polar surface area (TPSA) is 35.2 Å². The second kappa shape index (κ2) is 7.18. The Hall–Kier alpha value is -1.94. The van der Waals surface area contributed by atoms with Crippen molar-refractivity contribution in [3.05, 3.63) is 65.2 Å². The zero-order valence-corrected chi connectivity index (χ0v) is 11.9. The van der Waals surface area contributed by atoms with E-state index in [1.54, 1.807) is 12.1 Å². The van der Waals surface area contributed by atoms with Crippen LogP contribution in [0.4, 0.5) is 8.78 Å². The fraction of sp³-hybridized carbons (Fsp3) is 0.294. The fourth-order valence-electron chi connectivity index (χ4n) is 2.26. The first kappa shape index (κ1) is 15.4. The van der Waals surface area contributed by atoms with Crippen LogP contribution in [0.1, 0.15) is 36.1 Å². The van der Waals surface area contributed by atoms with Crippen LogP contribution in [0.2, 0.25) is 0 Å². The molecule has 0 bridgehead atoms. The molecule has 2 aromatic carbocycles. The number of ether oxygens (including phenoxy) is 1. The molecule has 1 atom stereocenters. The van der Waals surface area contributed by atoms with Gasteiger partial charge in [0.1, 0.15) is 5.75 Å². The Bertz CT molecular complexity index is 569. The maximum absolute atomic E-state index is 12.2. The van der Waals surface area contributed by atoms with Gasteiger partial charge in [0.2, 0.25) is 0 Å². The summed E-state index contributed by atoms with van der Waals surface area (Å²) in [5, 5.41) is 0. The maximum Gasteiger partial charge on any atom is 0.387 e. The lowest BCUT2D eigenvalue weighted by atomic mass is 9.97. The lowest BCUT2D eigenvalue weighted by Gasteiger charge is -2.14. The lowest BCUT2D eigenvalue weighted by Crippen LogP contribution is -2.12. The van der Waals surface area contributed by atoms with E-state index in [0.29, 0.717) is 0 Å². The molecule has 21 heavy (non-hydrogen) atoms. The van der Waals surface area contributed by atoms with Crippen molar-refractivity contribution in [1.82, 2.24) is 0 Å². The van der Waals surface area contributed by atoms with Gasteiger partial charge in [-0.05, 0) is 35.2 Å². The summed E-state index contributed by atoms with van der Waals surface area (Å²) in [6.45, 7) is -0.696. The minimum atomic E-state index is -2.83. The van der Waals surface area contributed by atoms with E-state index in [1.165, 1.54) is 11.6 Å². The number of hydrogen-bond donors (Lipinski definition) is 1. The SMILES string of the molecule is CCCc1ccc(C(N)c2cccc(OC(F)F)c2)cc1. The van der Waals surface area contributed by atoms with Crippen molar-refractivity contribution < 1.29 is 13.5 Å². The highest BCUT2D eigenvalue weighted by Crippen LogP contribution is 2.24. The first-order chi connectivity index (χ1) is 10.1. The molecule has 0 radical (unpaired) electrons. The summed E-state index contributed by atoms with van der Waals surface area (Å²) in [5.41, 5.74) is 9.16. The van der Waals surface area contributed by atoms with Gasteiger partial charge in [-0.1, -0.05) is 49.7 Å². The zero-order chi connectivity index (χ0) is 15.2. The molecule has 0 aliphatic rings. The van der Waals surface area contributed by atoms with Crippen LogP contribution in [-0.4, -0.2) is 6.61 Å². The van der Waals surface area contributed by atoms with Gasteiger partial charge in [-0.3, -0.25) is 0 Å². The van der Waals surface area contributed by atoms with E-state index in [2.05, 4.69) is 23.8 Å². The summed E-state index contributed by atoms with van der Waals surface area (Å²) in [4.78, 5) is 0. The van der Waals surface area contributed by atoms with Gasteiger partial charge in [0.05, 0.1) is 6.04 Å². The summed E-state index contributed by atoms with van der Waals surface area (Å²) in [6, 6.07) is 14.2. The number of aryl methyl sites for hydroxylation is 1. The molecule has 2 N–H and O–H groups in total. The average Bonchev–Trinajstić information content (AvgIpc) is 2.47. The molecule has 0 heterocycles. The molecule has 2 aromatic rings. The summed E-state index contributed by atoms with van der Waals surface area (Å²) in [6.07, 6.45) is 2.13. The van der Waals surface area contributed by atoms with Crippen LogP contribution in [0.5, 0.6) is 5.75 Å². The third-order valence-electron chi connectivity index (χ3n) is 3.32. The molecule has 1 unspecified atom stereocenters. The van der Waals surface area contributed by atoms with Crippen LogP contribution in [0.15, 0.2) is 48.5 Å². The molecule has 0 spiro atoms. The predicted octanol–water partition coefficient (Wildman–Crippen LogP) is 4.29. The minimum Gasteiger partial charge on any atom is -0.435 e. The van der Waals surface area contributed by atoms with Crippen LogP contribution in [-0.2, 0) is 6.42 Å². The molecule has 0 aliphatic heterocycles. The van der Waals surface area contributed by atoms with E-state index < -0.39 is 6.61 Å². The molecular weight excluding hydrogens is 272 g/mol. The molecule has 0 aromatic heterocycles. The van der Waals surface area contributed by atoms with Gasteiger partial charge in [0.15, 0.2) is 0 Å². The number of nitrogens with two attached hydrogens (primary N) is 1. The first-order valence-electron chi connectivity index (χ1n) is 6.99. The normalized spacial score (nSPS) is 12.4. The smallest absolute Gasteiger partial charge is 0.387 e. The number of hydrogen-bond acceptors (Lipinski definition) is 2. The van der Waals surface area contributed by atoms with Gasteiger partial charge in [0, 0.05) is 0 Å². The van der Waals surface area contributed by atoms with E-state index in [1.807, 2.05) is 18.2 Å². The Morgan fingerprint density at radius 2 is 1.76 bits per heavy atom. The minimum absolute atomic E-state index is 0.126. The number of halogens is 2. The van der Waals surface area contributed by atoms with Crippen molar-refractivity contribution in [3.8, 4) is 5.75 Å². The van der Waals surface area contributed by atoms with E-state index in [9.17, 15) is 8.78 Å². The summed E-state index contributed by atoms with van der Waals surface area (Å²) >= 11 is 0. The zero-order valence-electron chi connectivity index (χ0n) is 11.9. The van der Waals surface area contributed by atoms with Crippen molar-refractivity contribution in [3.63, 3.8) is 0 Å². The van der Waals surface area contributed by atoms with Gasteiger partial charge in [-0.25, -0.2) is 0 Å². The van der Waals surface area contributed by atoms with Crippen molar-refractivity contribution in [1.29, 1.82) is 0 Å². The average molecular weight is 291 g/mol. The molecule has 0 amide bonds. The van der Waals surface area contributed by atoms with Crippen LogP contribution in [0, 0.1) is 0 Å². The summed E-state index contributed by atoms with van der Waals surface area (Å²) in [5.74, 6) is 0.126. The van der Waals surface area contributed by atoms with Crippen LogP contribution >= 0.6 is 0 Å². The highest BCUT2D eigenvalue weighted by atomic mass is 19.3. The first-order valence-corrected chi connectivity index (χ1v) is 6.99. The number of benzene rings is 2. The van der Waals surface area contributed by atoms with Crippen molar-refractivity contribution in [2.75, 3.05) is 0 Å². The Kier molecular flexibility index (Phi) is 5.28. The van der Waals surface area contributed by atoms with Gasteiger partial charge in [0.25, 0.3) is 0 Å². The highest BCUT2D eigenvalue weighted by molar-refractivity contribution is 5.37. The van der Waals surface area contributed by atoms with Crippen LogP contribution in [0.3, 0.4) is 0 Å². The Labute approximate surface area is 123 Å². The second-order valence-electron chi connectivity index (χ2n) is 4.92. The highest BCUT2D eigenvalue weighted by Gasteiger charge is 2.11. The van der Waals surface area contributed by atoms with Gasteiger partial charge in [-0.15, -0.1) is 0 Å². The third-order valence-corrected chi connectivity index (χ3v) is 3.32. The standard InChI is InChI=1S/C17H19F2NO/c1-2-4-12-7-9-13(10-8-12)16(20)14-5-3-6-15(11-14)21-17(18)19/h3,5-11,16-17H,2,4,20H2,1H3. The summed E-state index contributed by atoms with van der Waals surface area (Å²) in [7, 11) is 0. The van der Waals surface area contributed by atoms with Crippen LogP contribution < -0.4 is 10.5 Å². The quantitative estimate of drug-likeness (QED) is 0.861. The van der Waals surface area contributed by atoms with E-state index in [0.717, 1.165) is 24.0 Å². The number of rotatable bonds is 6. The molecule has 112 valence electrons. The molecule has 2 rings (SSSR count). The Morgan fingerprint density at radius 3 is 2.38 bits per heavy atom. The van der Waals surface area contributed by atoms with E-state index in [4.69, 9.17) is 5.73 Å². The van der Waals surface area contributed by atoms with Gasteiger partial charge >= 0.3 is 6.61 Å². The van der Waals surface area contributed by atoms with Gasteiger partial charge in [-0.2, -0.15) is 8.78 Å². The molecule has 2 nitrogen and oxygen atoms in total. The largest absolute Gasteiger partial charge is 0.435 e. The molecule has 0 fully saturated rings. The predicted molar refractivity (Wildman–Crippen MR) is 79.5 cm³/mol. The van der Waals surface area contributed by atoms with E-state index in [-0.39, 0.29) is 11.8 Å². The van der Waals surface area contributed by atoms with E-state index >= 15 is 0 Å². The number of alkyl halides is 2. The molecule has 4 heteroatoms. The molecule has 0 aliphatic carbocycles. The lowest BCUT2D eigenvalue weighted by molar-refractivity contribution is -0.0498. The fourth-order valence-corrected chi connectivity index (χ4v) is 2.26. The monoisotopic (exact) mass is 291 g/mol. The van der Waals surface area contributed by atoms with Crippen molar-refractivity contribution in [2.45, 2.75) is 32.4 Å². The van der Waals surface area contributed by atoms with Crippen molar-refractivity contribution in [2.24, 2.45) is 5.73 Å². The summed E-state index contributed by atoms with van der Waals surface area (Å²) < 4.78 is 28.9. The van der Waals surface area contributed by atoms with Crippen LogP contribution in [0.25, 0.3) is 0 Å². The molecular formula is C17H19F2NO. The molecule has 0 saturated heterocycles. The maximum atomic E-state index is 12.2. The Balaban J connectivity index is 2.16. The molecule has 0 saturated carbocycles. The Morgan fingerprint density at radius 1 is 1.05 bits per heavy atom. The second-order valence-corrected chi connectivity index (χ2v) is 4.92.